The van der Waals surface area contributed by atoms with Crippen molar-refractivity contribution < 1.29 is 80.2 Å². The maximum atomic E-state index is 12.8. The van der Waals surface area contributed by atoms with Gasteiger partial charge < -0.3 is 33.8 Å². The monoisotopic (exact) mass is 1030 g/mol. The Bertz CT molecular complexity index is 1370. The average molecular weight is 1030 g/mol. The fourth-order valence-corrected chi connectivity index (χ4v) is 8.74. The molecular formula is C50H96O17P2. The van der Waals surface area contributed by atoms with Gasteiger partial charge in [-0.25, -0.2) is 9.13 Å². The summed E-state index contributed by atoms with van der Waals surface area (Å²) in [5.41, 5.74) is 0. The molecule has 0 saturated heterocycles. The third-order valence-electron chi connectivity index (χ3n) is 11.4. The molecule has 0 aromatic heterocycles. The molecule has 0 aliphatic rings. The molecule has 0 aromatic carbocycles. The SMILES string of the molecule is CCCCCCCCCCCCCC(=O)OC[C@@H](COP(=O)(O)OC[C@H](O)COP(=O)(O)OC[C@@H](COC(=O)CCCCCCCCC)OC(=O)CCCCC)OC(=O)CCCCCCCCCC. The first-order valence-corrected chi connectivity index (χ1v) is 29.8. The number of carbonyl (C=O) groups excluding carboxylic acids is 4. The first-order valence-electron chi connectivity index (χ1n) is 26.8. The van der Waals surface area contributed by atoms with Crippen LogP contribution in [-0.2, 0) is 65.4 Å². The van der Waals surface area contributed by atoms with E-state index in [1.165, 1.54) is 64.2 Å². The molecule has 0 rings (SSSR count). The molecule has 0 bridgehead atoms. The summed E-state index contributed by atoms with van der Waals surface area (Å²) in [6.07, 6.45) is 26.3. The third kappa shape index (κ3) is 45.7. The van der Waals surface area contributed by atoms with Gasteiger partial charge in [-0.1, -0.05) is 188 Å². The Hall–Kier alpha value is -1.94. The summed E-state index contributed by atoms with van der Waals surface area (Å²) in [7, 11) is -9.83. The predicted octanol–water partition coefficient (Wildman–Crippen LogP) is 12.5. The molecule has 17 nitrogen and oxygen atoms in total. The topological polar surface area (TPSA) is 237 Å². The zero-order chi connectivity index (χ0) is 51.3. The number of phosphoric ester groups is 2. The van der Waals surface area contributed by atoms with Crippen molar-refractivity contribution in [3.63, 3.8) is 0 Å². The number of esters is 4. The van der Waals surface area contributed by atoms with Crippen molar-refractivity contribution in [2.24, 2.45) is 0 Å². The summed E-state index contributed by atoms with van der Waals surface area (Å²) in [5.74, 6) is -2.19. The van der Waals surface area contributed by atoms with Gasteiger partial charge in [0.2, 0.25) is 0 Å². The van der Waals surface area contributed by atoms with Gasteiger partial charge in [0.25, 0.3) is 0 Å². The van der Waals surface area contributed by atoms with Gasteiger partial charge in [-0.2, -0.15) is 0 Å². The summed E-state index contributed by atoms with van der Waals surface area (Å²) in [5, 5.41) is 10.4. The van der Waals surface area contributed by atoms with Crippen LogP contribution >= 0.6 is 15.6 Å². The lowest BCUT2D eigenvalue weighted by Crippen LogP contribution is -2.30. The maximum Gasteiger partial charge on any atom is 0.472 e. The van der Waals surface area contributed by atoms with Crippen LogP contribution in [0.3, 0.4) is 0 Å². The average Bonchev–Trinajstić information content (AvgIpc) is 3.31. The van der Waals surface area contributed by atoms with Crippen LogP contribution in [0.1, 0.15) is 240 Å². The second-order valence-corrected chi connectivity index (χ2v) is 21.1. The van der Waals surface area contributed by atoms with E-state index in [1.54, 1.807) is 0 Å². The highest BCUT2D eigenvalue weighted by atomic mass is 31.2. The molecule has 0 aliphatic carbocycles. The molecule has 69 heavy (non-hydrogen) atoms. The molecule has 0 aromatic rings. The quantitative estimate of drug-likeness (QED) is 0.0222. The van der Waals surface area contributed by atoms with Gasteiger partial charge in [0.05, 0.1) is 26.4 Å². The molecule has 3 N–H and O–H groups in total. The Morgan fingerprint density at radius 1 is 0.348 bits per heavy atom. The van der Waals surface area contributed by atoms with E-state index in [4.69, 9.17) is 37.0 Å². The Kier molecular flexibility index (Phi) is 44.6. The molecule has 408 valence electrons. The molecule has 0 aliphatic heterocycles. The van der Waals surface area contributed by atoms with E-state index >= 15 is 0 Å². The van der Waals surface area contributed by atoms with Crippen LogP contribution < -0.4 is 0 Å². The van der Waals surface area contributed by atoms with Gasteiger partial charge in [-0.05, 0) is 25.7 Å². The molecule has 0 spiro atoms. The normalized spacial score (nSPS) is 14.6. The van der Waals surface area contributed by atoms with Crippen molar-refractivity contribution in [1.82, 2.24) is 0 Å². The maximum absolute atomic E-state index is 12.8. The Morgan fingerprint density at radius 3 is 0.884 bits per heavy atom. The standard InChI is InChI=1S/C50H96O17P2/c1-5-9-13-16-19-21-22-23-26-28-32-35-48(53)61-41-46(67-50(55)37-33-29-25-20-17-14-10-6-2)43-65-69(58,59)63-39-44(51)38-62-68(56,57)64-42-45(66-49(54)36-30-12-8-4)40-60-47(52)34-31-27-24-18-15-11-7-3/h44-46,51H,5-43H2,1-4H3,(H,56,57)(H,58,59)/t44-,45-,46+/m1/s1. The number of rotatable bonds is 51. The number of carbonyl (C=O) groups is 4. The molecular weight excluding hydrogens is 934 g/mol. The van der Waals surface area contributed by atoms with Gasteiger partial charge in [-0.15, -0.1) is 0 Å². The van der Waals surface area contributed by atoms with E-state index in [-0.39, 0.29) is 25.7 Å². The molecule has 19 heteroatoms. The number of ether oxygens (including phenoxy) is 4. The second kappa shape index (κ2) is 45.9. The van der Waals surface area contributed by atoms with Gasteiger partial charge in [0.1, 0.15) is 19.3 Å². The van der Waals surface area contributed by atoms with E-state index in [9.17, 15) is 43.2 Å². The van der Waals surface area contributed by atoms with Crippen LogP contribution in [0.15, 0.2) is 0 Å². The van der Waals surface area contributed by atoms with E-state index in [0.29, 0.717) is 25.7 Å². The fourth-order valence-electron chi connectivity index (χ4n) is 7.16. The van der Waals surface area contributed by atoms with E-state index in [2.05, 4.69) is 20.8 Å². The molecule has 0 saturated carbocycles. The fraction of sp³-hybridized carbons (Fsp3) is 0.920. The van der Waals surface area contributed by atoms with Gasteiger partial charge >= 0.3 is 39.5 Å². The number of hydrogen-bond acceptors (Lipinski definition) is 15. The lowest BCUT2D eigenvalue weighted by molar-refractivity contribution is -0.161. The van der Waals surface area contributed by atoms with Crippen molar-refractivity contribution in [1.29, 1.82) is 0 Å². The number of unbranched alkanes of at least 4 members (excludes halogenated alkanes) is 25. The number of phosphoric acid groups is 2. The largest absolute Gasteiger partial charge is 0.472 e. The van der Waals surface area contributed by atoms with Crippen molar-refractivity contribution in [3.05, 3.63) is 0 Å². The van der Waals surface area contributed by atoms with Gasteiger partial charge in [0.15, 0.2) is 12.2 Å². The minimum absolute atomic E-state index is 0.0896. The van der Waals surface area contributed by atoms with Crippen molar-refractivity contribution in [2.45, 2.75) is 258 Å². The molecule has 0 amide bonds. The van der Waals surface area contributed by atoms with E-state index < -0.39 is 97.5 Å². The first-order chi connectivity index (χ1) is 33.2. The minimum atomic E-state index is -4.92. The predicted molar refractivity (Wildman–Crippen MR) is 266 cm³/mol. The minimum Gasteiger partial charge on any atom is -0.462 e. The van der Waals surface area contributed by atoms with Crippen LogP contribution in [0, 0.1) is 0 Å². The van der Waals surface area contributed by atoms with Gasteiger partial charge in [-0.3, -0.25) is 37.3 Å². The van der Waals surface area contributed by atoms with Crippen molar-refractivity contribution >= 4 is 39.5 Å². The van der Waals surface area contributed by atoms with Crippen LogP contribution in [0.5, 0.6) is 0 Å². The number of aliphatic hydroxyl groups is 1. The van der Waals surface area contributed by atoms with Crippen molar-refractivity contribution in [2.75, 3.05) is 39.6 Å². The Balaban J connectivity index is 5.08. The second-order valence-electron chi connectivity index (χ2n) is 18.2. The molecule has 0 fully saturated rings. The Morgan fingerprint density at radius 2 is 0.580 bits per heavy atom. The van der Waals surface area contributed by atoms with Crippen LogP contribution in [0.4, 0.5) is 0 Å². The number of aliphatic hydroxyl groups excluding tert-OH is 1. The van der Waals surface area contributed by atoms with E-state index in [1.807, 2.05) is 6.92 Å². The van der Waals surface area contributed by atoms with Gasteiger partial charge in [0, 0.05) is 25.7 Å². The number of hydrogen-bond donors (Lipinski definition) is 3. The zero-order valence-corrected chi connectivity index (χ0v) is 45.0. The highest BCUT2D eigenvalue weighted by Gasteiger charge is 2.30. The summed E-state index contributed by atoms with van der Waals surface area (Å²) in [6.45, 7) is 4.52. The molecule has 2 unspecified atom stereocenters. The molecule has 5 atom stereocenters. The van der Waals surface area contributed by atoms with Crippen LogP contribution in [0.25, 0.3) is 0 Å². The first kappa shape index (κ1) is 67.1. The zero-order valence-electron chi connectivity index (χ0n) is 43.3. The van der Waals surface area contributed by atoms with Crippen LogP contribution in [-0.4, -0.2) is 96.7 Å². The molecule has 0 radical (unpaired) electrons. The highest BCUT2D eigenvalue weighted by Crippen LogP contribution is 2.45. The summed E-state index contributed by atoms with van der Waals surface area (Å²) in [4.78, 5) is 70.8. The summed E-state index contributed by atoms with van der Waals surface area (Å²) in [6, 6.07) is 0. The Labute approximate surface area is 416 Å². The van der Waals surface area contributed by atoms with Crippen molar-refractivity contribution in [3.8, 4) is 0 Å². The van der Waals surface area contributed by atoms with Crippen LogP contribution in [0.2, 0.25) is 0 Å². The van der Waals surface area contributed by atoms with E-state index in [0.717, 1.165) is 96.3 Å². The smallest absolute Gasteiger partial charge is 0.462 e. The lowest BCUT2D eigenvalue weighted by Gasteiger charge is -2.21. The summed E-state index contributed by atoms with van der Waals surface area (Å²) < 4.78 is 66.8. The lowest BCUT2D eigenvalue weighted by atomic mass is 10.1. The highest BCUT2D eigenvalue weighted by molar-refractivity contribution is 7.47. The third-order valence-corrected chi connectivity index (χ3v) is 13.3. The summed E-state index contributed by atoms with van der Waals surface area (Å²) >= 11 is 0. The molecule has 0 heterocycles.